The van der Waals surface area contributed by atoms with Crippen LogP contribution in [-0.4, -0.2) is 36.1 Å². The molecule has 5 heteroatoms. The van der Waals surface area contributed by atoms with E-state index in [0.29, 0.717) is 0 Å². The molecule has 2 aromatic carbocycles. The molecule has 1 aliphatic rings. The van der Waals surface area contributed by atoms with Crippen molar-refractivity contribution in [2.75, 3.05) is 25.0 Å². The van der Waals surface area contributed by atoms with Crippen molar-refractivity contribution in [3.63, 3.8) is 0 Å². The Bertz CT molecular complexity index is 669. The number of anilines is 1. The summed E-state index contributed by atoms with van der Waals surface area (Å²) in [4.78, 5) is 0. The molecule has 0 aliphatic carbocycles. The molecule has 3 N–H and O–H groups in total. The molecule has 1 atom stereocenters. The summed E-state index contributed by atoms with van der Waals surface area (Å²) in [6, 6.07) is 13.6. The molecule has 0 fully saturated rings. The lowest BCUT2D eigenvalue weighted by Crippen LogP contribution is -3.00. The monoisotopic (exact) mass is 426 g/mol. The Morgan fingerprint density at radius 3 is 2.17 bits per heavy atom. The molecule has 124 valence electrons. The SMILES string of the molecule is CC[N+]1(CC)c2cc(-c3ccc(O)cc3)ccc2NC1CO.[I-]. The van der Waals surface area contributed by atoms with Gasteiger partial charge < -0.3 is 39.5 Å². The average Bonchev–Trinajstić information content (AvgIpc) is 2.88. The van der Waals surface area contributed by atoms with Crippen molar-refractivity contribution < 1.29 is 34.2 Å². The van der Waals surface area contributed by atoms with E-state index in [-0.39, 0.29) is 42.5 Å². The van der Waals surface area contributed by atoms with Crippen molar-refractivity contribution in [1.82, 2.24) is 4.48 Å². The molecule has 0 radical (unpaired) electrons. The van der Waals surface area contributed by atoms with Crippen LogP contribution in [0.3, 0.4) is 0 Å². The van der Waals surface area contributed by atoms with E-state index in [1.54, 1.807) is 12.1 Å². The summed E-state index contributed by atoms with van der Waals surface area (Å²) < 4.78 is 0.748. The second-order valence-electron chi connectivity index (χ2n) is 5.79. The summed E-state index contributed by atoms with van der Waals surface area (Å²) in [5.74, 6) is 0.277. The van der Waals surface area contributed by atoms with Gasteiger partial charge in [0.15, 0.2) is 11.9 Å². The number of benzene rings is 2. The fourth-order valence-corrected chi connectivity index (χ4v) is 3.53. The Hall–Kier alpha value is -1.31. The Kier molecular flexibility index (Phi) is 5.54. The molecule has 2 aromatic rings. The molecule has 0 saturated heterocycles. The molecule has 23 heavy (non-hydrogen) atoms. The van der Waals surface area contributed by atoms with Gasteiger partial charge >= 0.3 is 0 Å². The molecule has 0 aromatic heterocycles. The van der Waals surface area contributed by atoms with Crippen LogP contribution < -0.4 is 33.8 Å². The smallest absolute Gasteiger partial charge is 0.190 e. The minimum absolute atomic E-state index is 0. The van der Waals surface area contributed by atoms with Crippen molar-refractivity contribution >= 4 is 11.4 Å². The van der Waals surface area contributed by atoms with Gasteiger partial charge in [-0.05, 0) is 43.2 Å². The number of quaternary nitrogens is 1. The van der Waals surface area contributed by atoms with E-state index in [1.165, 1.54) is 5.69 Å². The summed E-state index contributed by atoms with van der Waals surface area (Å²) in [5, 5.41) is 22.6. The average molecular weight is 426 g/mol. The Morgan fingerprint density at radius 1 is 1.00 bits per heavy atom. The first-order valence-electron chi connectivity index (χ1n) is 7.82. The molecule has 1 heterocycles. The zero-order valence-corrected chi connectivity index (χ0v) is 15.6. The van der Waals surface area contributed by atoms with E-state index < -0.39 is 0 Å². The van der Waals surface area contributed by atoms with Gasteiger partial charge in [-0.3, -0.25) is 4.48 Å². The Labute approximate surface area is 154 Å². The van der Waals surface area contributed by atoms with Crippen molar-refractivity contribution in [2.45, 2.75) is 20.0 Å². The van der Waals surface area contributed by atoms with Gasteiger partial charge in [0, 0.05) is 6.07 Å². The number of hydrogen-bond donors (Lipinski definition) is 3. The number of rotatable bonds is 4. The van der Waals surface area contributed by atoms with Crippen LogP contribution >= 0.6 is 0 Å². The van der Waals surface area contributed by atoms with Crippen LogP contribution in [0, 0.1) is 0 Å². The minimum atomic E-state index is 0. The third kappa shape index (κ3) is 2.93. The number of likely N-dealkylation sites (N-methyl/N-ethyl adjacent to an activating group) is 1. The number of nitrogens with zero attached hydrogens (tertiary/aromatic N) is 1. The van der Waals surface area contributed by atoms with Crippen LogP contribution in [0.4, 0.5) is 11.4 Å². The molecular formula is C18H23IN2O2. The van der Waals surface area contributed by atoms with E-state index in [2.05, 4.69) is 37.4 Å². The van der Waals surface area contributed by atoms with Gasteiger partial charge in [0.05, 0.1) is 13.1 Å². The predicted octanol–water partition coefficient (Wildman–Crippen LogP) is 0.154. The first-order valence-corrected chi connectivity index (χ1v) is 7.82. The number of hydrogen-bond acceptors (Lipinski definition) is 3. The summed E-state index contributed by atoms with van der Waals surface area (Å²) in [7, 11) is 0. The maximum Gasteiger partial charge on any atom is 0.190 e. The summed E-state index contributed by atoms with van der Waals surface area (Å²) in [6.45, 7) is 6.30. The highest BCUT2D eigenvalue weighted by Gasteiger charge is 2.44. The number of aliphatic hydroxyl groups excluding tert-OH is 1. The van der Waals surface area contributed by atoms with Gasteiger partial charge in [-0.1, -0.05) is 18.2 Å². The van der Waals surface area contributed by atoms with Gasteiger partial charge in [0.2, 0.25) is 0 Å². The zero-order valence-electron chi connectivity index (χ0n) is 13.5. The molecule has 0 spiro atoms. The lowest BCUT2D eigenvalue weighted by molar-refractivity contribution is -0.00000658. The maximum atomic E-state index is 9.75. The number of phenols is 1. The highest BCUT2D eigenvalue weighted by molar-refractivity contribution is 5.80. The number of aliphatic hydroxyl groups is 1. The van der Waals surface area contributed by atoms with Crippen LogP contribution in [0.25, 0.3) is 11.1 Å². The molecule has 4 nitrogen and oxygen atoms in total. The van der Waals surface area contributed by atoms with E-state index >= 15 is 0 Å². The molecule has 0 bridgehead atoms. The Balaban J connectivity index is 0.00000192. The minimum Gasteiger partial charge on any atom is -1.00 e. The molecular weight excluding hydrogens is 403 g/mol. The Morgan fingerprint density at radius 2 is 1.61 bits per heavy atom. The van der Waals surface area contributed by atoms with Crippen LogP contribution in [-0.2, 0) is 0 Å². The van der Waals surface area contributed by atoms with E-state index in [4.69, 9.17) is 0 Å². The van der Waals surface area contributed by atoms with Gasteiger partial charge in [-0.25, -0.2) is 0 Å². The fraction of sp³-hybridized carbons (Fsp3) is 0.333. The summed E-state index contributed by atoms with van der Waals surface area (Å²) >= 11 is 0. The highest BCUT2D eigenvalue weighted by Crippen LogP contribution is 2.43. The van der Waals surface area contributed by atoms with E-state index in [0.717, 1.165) is 34.4 Å². The first kappa shape index (κ1) is 18.0. The summed E-state index contributed by atoms with van der Waals surface area (Å²) in [5.41, 5.74) is 4.54. The highest BCUT2D eigenvalue weighted by atomic mass is 127. The largest absolute Gasteiger partial charge is 1.00 e. The van der Waals surface area contributed by atoms with Crippen LogP contribution in [0.1, 0.15) is 13.8 Å². The molecule has 1 aliphatic heterocycles. The lowest BCUT2D eigenvalue weighted by atomic mass is 10.0. The number of halogens is 1. The first-order chi connectivity index (χ1) is 10.6. The van der Waals surface area contributed by atoms with Crippen molar-refractivity contribution in [1.29, 1.82) is 0 Å². The van der Waals surface area contributed by atoms with Crippen LogP contribution in [0.15, 0.2) is 42.5 Å². The summed E-state index contributed by atoms with van der Waals surface area (Å²) in [6.07, 6.45) is 0.0140. The van der Waals surface area contributed by atoms with Crippen LogP contribution in [0.2, 0.25) is 0 Å². The molecule has 3 rings (SSSR count). The second-order valence-corrected chi connectivity index (χ2v) is 5.79. The van der Waals surface area contributed by atoms with Crippen LogP contribution in [0.5, 0.6) is 5.75 Å². The second kappa shape index (κ2) is 7.07. The number of nitrogens with one attached hydrogen (secondary N) is 1. The lowest BCUT2D eigenvalue weighted by Gasteiger charge is -2.36. The van der Waals surface area contributed by atoms with E-state index in [9.17, 15) is 10.2 Å². The van der Waals surface area contributed by atoms with Gasteiger partial charge in [0.1, 0.15) is 18.0 Å². The van der Waals surface area contributed by atoms with Gasteiger partial charge in [-0.15, -0.1) is 0 Å². The molecule has 0 amide bonds. The third-order valence-corrected chi connectivity index (χ3v) is 4.90. The topological polar surface area (TPSA) is 52.5 Å². The predicted molar refractivity (Wildman–Crippen MR) is 90.9 cm³/mol. The third-order valence-electron chi connectivity index (χ3n) is 4.90. The maximum absolute atomic E-state index is 9.75. The molecule has 0 saturated carbocycles. The van der Waals surface area contributed by atoms with Crippen molar-refractivity contribution in [2.24, 2.45) is 0 Å². The number of fused-ring (bicyclic) bond motifs is 1. The standard InChI is InChI=1S/C18H22N2O2.HI/c1-3-20(4-2)17-11-14(13-5-8-15(22)9-6-13)7-10-16(17)19-18(20)12-21;/h5-11,18-19,21H,3-4,12H2,1-2H3;1H. The van der Waals surface area contributed by atoms with Gasteiger partial charge in [-0.2, -0.15) is 0 Å². The zero-order chi connectivity index (χ0) is 15.7. The van der Waals surface area contributed by atoms with Crippen molar-refractivity contribution in [3.8, 4) is 16.9 Å². The molecule has 1 unspecified atom stereocenters. The van der Waals surface area contributed by atoms with E-state index in [1.807, 2.05) is 12.1 Å². The normalized spacial score (nSPS) is 18.0. The quantitative estimate of drug-likeness (QED) is 0.482. The fourth-order valence-electron chi connectivity index (χ4n) is 3.53. The number of aromatic hydroxyl groups is 1. The van der Waals surface area contributed by atoms with Crippen molar-refractivity contribution in [3.05, 3.63) is 42.5 Å². The van der Waals surface area contributed by atoms with Gasteiger partial charge in [0.25, 0.3) is 0 Å². The number of phenolic OH excluding ortho intramolecular Hbond substituents is 1.